The van der Waals surface area contributed by atoms with Gasteiger partial charge in [-0.1, -0.05) is 6.08 Å². The number of ketones is 2. The van der Waals surface area contributed by atoms with Crippen LogP contribution in [0.5, 0.6) is 5.75 Å². The molecular formula is C21H21IN2O5. The molecule has 3 aliphatic carbocycles. The van der Waals surface area contributed by atoms with E-state index >= 15 is 0 Å². The predicted molar refractivity (Wildman–Crippen MR) is 115 cm³/mol. The maximum Gasteiger partial charge on any atom is 0.252 e. The van der Waals surface area contributed by atoms with Crippen LogP contribution in [0.15, 0.2) is 23.3 Å². The van der Waals surface area contributed by atoms with Crippen LogP contribution in [0.3, 0.4) is 0 Å². The number of fused-ring (bicyclic) bond motifs is 3. The standard InChI is InChI=1S/C21H21IN2O5/c1-24(2)13-7-12(22)18(26)16-11(13)6-9-5-8-3-4-10(21(23)29)17(25)14(8)19(27)15(9)20(16)28/h4,7-9,14,26,28H,3,5-6H2,1-2H3,(H2,23,29). The van der Waals surface area contributed by atoms with Crippen LogP contribution in [-0.2, 0) is 20.8 Å². The first-order valence-corrected chi connectivity index (χ1v) is 10.4. The van der Waals surface area contributed by atoms with Crippen molar-refractivity contribution in [2.75, 3.05) is 19.0 Å². The first-order valence-electron chi connectivity index (χ1n) is 9.37. The van der Waals surface area contributed by atoms with Crippen LogP contribution in [0.2, 0.25) is 0 Å². The van der Waals surface area contributed by atoms with Gasteiger partial charge in [0.25, 0.3) is 5.91 Å². The summed E-state index contributed by atoms with van der Waals surface area (Å²) in [6, 6.07) is 1.85. The molecule has 7 nitrogen and oxygen atoms in total. The summed E-state index contributed by atoms with van der Waals surface area (Å²) in [7, 11) is 3.77. The summed E-state index contributed by atoms with van der Waals surface area (Å²) >= 11 is 1.99. The van der Waals surface area contributed by atoms with Crippen LogP contribution in [-0.4, -0.2) is 41.8 Å². The van der Waals surface area contributed by atoms with Crippen molar-refractivity contribution in [3.8, 4) is 5.75 Å². The largest absolute Gasteiger partial charge is 0.507 e. The lowest BCUT2D eigenvalue weighted by molar-refractivity contribution is -0.134. The summed E-state index contributed by atoms with van der Waals surface area (Å²) in [5.74, 6) is -3.67. The smallest absolute Gasteiger partial charge is 0.252 e. The monoisotopic (exact) mass is 508 g/mol. The average Bonchev–Trinajstić information content (AvgIpc) is 2.63. The zero-order chi connectivity index (χ0) is 21.2. The van der Waals surface area contributed by atoms with Gasteiger partial charge in [0.05, 0.1) is 20.6 Å². The van der Waals surface area contributed by atoms with Crippen molar-refractivity contribution in [3.05, 3.63) is 38.0 Å². The topological polar surface area (TPSA) is 121 Å². The molecule has 0 spiro atoms. The van der Waals surface area contributed by atoms with Crippen molar-refractivity contribution >= 4 is 51.5 Å². The Labute approximate surface area is 181 Å². The Balaban J connectivity index is 1.88. The summed E-state index contributed by atoms with van der Waals surface area (Å²) in [6.45, 7) is 0. The summed E-state index contributed by atoms with van der Waals surface area (Å²) in [6.07, 6.45) is 2.99. The zero-order valence-corrected chi connectivity index (χ0v) is 18.2. The molecule has 3 aliphatic rings. The highest BCUT2D eigenvalue weighted by Gasteiger charge is 2.50. The number of anilines is 1. The second kappa shape index (κ2) is 6.86. The van der Waals surface area contributed by atoms with E-state index in [1.165, 1.54) is 6.08 Å². The molecule has 1 aromatic carbocycles. The molecule has 4 rings (SSSR count). The number of rotatable bonds is 2. The Kier molecular flexibility index (Phi) is 4.71. The number of carbonyl (C=O) groups is 3. The number of allylic oxidation sites excluding steroid dienone is 2. The first-order chi connectivity index (χ1) is 13.6. The van der Waals surface area contributed by atoms with E-state index in [2.05, 4.69) is 0 Å². The molecule has 0 aliphatic heterocycles. The van der Waals surface area contributed by atoms with E-state index in [0.717, 1.165) is 11.3 Å². The molecule has 1 fully saturated rings. The van der Waals surface area contributed by atoms with Crippen LogP contribution < -0.4 is 10.6 Å². The molecule has 0 saturated heterocycles. The molecule has 0 heterocycles. The summed E-state index contributed by atoms with van der Waals surface area (Å²) in [5.41, 5.74) is 7.26. The second-order valence-electron chi connectivity index (χ2n) is 8.06. The molecule has 0 bridgehead atoms. The fourth-order valence-electron chi connectivity index (χ4n) is 4.93. The third kappa shape index (κ3) is 2.87. The third-order valence-electron chi connectivity index (χ3n) is 6.21. The lowest BCUT2D eigenvalue weighted by atomic mass is 9.61. The van der Waals surface area contributed by atoms with Gasteiger partial charge in [-0.2, -0.15) is 0 Å². The quantitative estimate of drug-likeness (QED) is 0.320. The van der Waals surface area contributed by atoms with Gasteiger partial charge in [0.2, 0.25) is 0 Å². The molecule has 3 unspecified atom stereocenters. The van der Waals surface area contributed by atoms with E-state index in [1.807, 2.05) is 47.7 Å². The number of nitrogens with zero attached hydrogens (tertiary/aromatic N) is 1. The fourth-order valence-corrected chi connectivity index (χ4v) is 5.49. The van der Waals surface area contributed by atoms with E-state index in [0.29, 0.717) is 22.8 Å². The van der Waals surface area contributed by atoms with Crippen molar-refractivity contribution in [1.82, 2.24) is 0 Å². The lowest BCUT2D eigenvalue weighted by Crippen LogP contribution is -2.45. The van der Waals surface area contributed by atoms with Crippen LogP contribution in [0.25, 0.3) is 5.76 Å². The molecule has 1 saturated carbocycles. The highest BCUT2D eigenvalue weighted by atomic mass is 127. The highest BCUT2D eigenvalue weighted by molar-refractivity contribution is 14.1. The normalized spacial score (nSPS) is 25.8. The predicted octanol–water partition coefficient (Wildman–Crippen LogP) is 2.09. The van der Waals surface area contributed by atoms with Gasteiger partial charge in [0.1, 0.15) is 11.5 Å². The minimum absolute atomic E-state index is 0.0720. The molecule has 0 radical (unpaired) electrons. The minimum Gasteiger partial charge on any atom is -0.507 e. The Morgan fingerprint density at radius 3 is 2.55 bits per heavy atom. The van der Waals surface area contributed by atoms with Crippen molar-refractivity contribution in [1.29, 1.82) is 0 Å². The molecule has 152 valence electrons. The number of aliphatic hydroxyl groups excluding tert-OH is 1. The zero-order valence-electron chi connectivity index (χ0n) is 16.0. The highest BCUT2D eigenvalue weighted by Crippen LogP contribution is 2.51. The van der Waals surface area contributed by atoms with Gasteiger partial charge in [-0.05, 0) is 65.3 Å². The Morgan fingerprint density at radius 2 is 1.93 bits per heavy atom. The van der Waals surface area contributed by atoms with E-state index in [-0.39, 0.29) is 40.1 Å². The van der Waals surface area contributed by atoms with Gasteiger partial charge in [-0.3, -0.25) is 14.4 Å². The number of phenolic OH excluding ortho intramolecular Hbond substituents is 1. The average molecular weight is 508 g/mol. The fraction of sp³-hybridized carbons (Fsp3) is 0.381. The lowest BCUT2D eigenvalue weighted by Gasteiger charge is -2.41. The molecule has 8 heteroatoms. The van der Waals surface area contributed by atoms with Gasteiger partial charge in [0.15, 0.2) is 11.6 Å². The number of benzene rings is 1. The Bertz CT molecular complexity index is 1040. The van der Waals surface area contributed by atoms with Crippen LogP contribution in [0, 0.1) is 21.3 Å². The molecule has 4 N–H and O–H groups in total. The molecule has 0 aromatic heterocycles. The second-order valence-corrected chi connectivity index (χ2v) is 9.22. The summed E-state index contributed by atoms with van der Waals surface area (Å²) < 4.78 is 0.560. The molecule has 29 heavy (non-hydrogen) atoms. The van der Waals surface area contributed by atoms with Crippen molar-refractivity contribution in [2.24, 2.45) is 23.5 Å². The maximum absolute atomic E-state index is 13.3. The van der Waals surface area contributed by atoms with Gasteiger partial charge >= 0.3 is 0 Å². The van der Waals surface area contributed by atoms with Crippen molar-refractivity contribution in [2.45, 2.75) is 19.3 Å². The Morgan fingerprint density at radius 1 is 1.24 bits per heavy atom. The molecule has 1 aromatic rings. The number of nitrogens with two attached hydrogens (primary N) is 1. The first kappa shape index (κ1) is 19.9. The number of carbonyl (C=O) groups excluding carboxylic acids is 3. The molecular weight excluding hydrogens is 487 g/mol. The minimum atomic E-state index is -1.00. The number of aliphatic hydroxyl groups is 1. The van der Waals surface area contributed by atoms with E-state index in [4.69, 9.17) is 5.73 Å². The summed E-state index contributed by atoms with van der Waals surface area (Å²) in [4.78, 5) is 39.5. The van der Waals surface area contributed by atoms with Crippen LogP contribution in [0.4, 0.5) is 5.69 Å². The maximum atomic E-state index is 13.3. The number of primary amides is 1. The number of hydrogen-bond acceptors (Lipinski definition) is 6. The third-order valence-corrected chi connectivity index (χ3v) is 7.04. The summed E-state index contributed by atoms with van der Waals surface area (Å²) in [5, 5.41) is 21.7. The molecule has 1 amide bonds. The SMILES string of the molecule is CN(C)c1cc(I)c(O)c2c1CC1CC3CC=C(C(N)=O)C(=O)C3C(=O)C1=C2O. The van der Waals surface area contributed by atoms with Gasteiger partial charge in [0, 0.05) is 25.4 Å². The van der Waals surface area contributed by atoms with Gasteiger partial charge in [-0.15, -0.1) is 0 Å². The van der Waals surface area contributed by atoms with E-state index < -0.39 is 23.4 Å². The van der Waals surface area contributed by atoms with Crippen molar-refractivity contribution < 1.29 is 24.6 Å². The number of amides is 1. The number of phenols is 1. The number of aromatic hydroxyl groups is 1. The molecule has 3 atom stereocenters. The van der Waals surface area contributed by atoms with Crippen molar-refractivity contribution in [3.63, 3.8) is 0 Å². The number of halogens is 1. The number of hydrogen-bond donors (Lipinski definition) is 3. The van der Waals surface area contributed by atoms with Crippen LogP contribution >= 0.6 is 22.6 Å². The number of Topliss-reactive ketones (excluding diaryl/α,β-unsaturated/α-hetero) is 2. The van der Waals surface area contributed by atoms with E-state index in [9.17, 15) is 24.6 Å². The van der Waals surface area contributed by atoms with Crippen LogP contribution in [0.1, 0.15) is 24.0 Å². The Hall–Kier alpha value is -2.36. The van der Waals surface area contributed by atoms with Gasteiger partial charge < -0.3 is 20.8 Å². The van der Waals surface area contributed by atoms with E-state index in [1.54, 1.807) is 0 Å². The van der Waals surface area contributed by atoms with Gasteiger partial charge in [-0.25, -0.2) is 0 Å².